The van der Waals surface area contributed by atoms with Crippen LogP contribution in [0.2, 0.25) is 0 Å². The van der Waals surface area contributed by atoms with Crippen LogP contribution in [0.5, 0.6) is 0 Å². The van der Waals surface area contributed by atoms with Gasteiger partial charge in [0.1, 0.15) is 18.0 Å². The summed E-state index contributed by atoms with van der Waals surface area (Å²) < 4.78 is 17.4. The molecule has 3 amide bonds. The van der Waals surface area contributed by atoms with Crippen molar-refractivity contribution in [1.82, 2.24) is 15.5 Å². The fraction of sp³-hybridized carbons (Fsp3) is 0.355. The molecule has 3 aliphatic rings. The third kappa shape index (κ3) is 5.42. The first-order chi connectivity index (χ1) is 20.7. The summed E-state index contributed by atoms with van der Waals surface area (Å²) >= 11 is 1.39. The molecule has 5 N–H and O–H groups in total. The maximum atomic E-state index is 13.5. The second-order valence-electron chi connectivity index (χ2n) is 10.9. The zero-order valence-corrected chi connectivity index (χ0v) is 24.7. The Morgan fingerprint density at radius 3 is 2.58 bits per heavy atom. The van der Waals surface area contributed by atoms with E-state index in [2.05, 4.69) is 10.6 Å². The number of nitrogens with two attached hydrogens (primary N) is 1. The van der Waals surface area contributed by atoms with Crippen LogP contribution in [0.3, 0.4) is 0 Å². The lowest BCUT2D eigenvalue weighted by atomic mass is 10.0. The van der Waals surface area contributed by atoms with Gasteiger partial charge < -0.3 is 35.5 Å². The van der Waals surface area contributed by atoms with Crippen molar-refractivity contribution in [2.45, 2.75) is 37.3 Å². The monoisotopic (exact) mass is 603 g/mol. The summed E-state index contributed by atoms with van der Waals surface area (Å²) in [5.41, 5.74) is 10.6. The summed E-state index contributed by atoms with van der Waals surface area (Å²) in [6.07, 6.45) is -0.0200. The van der Waals surface area contributed by atoms with Gasteiger partial charge in [0.2, 0.25) is 11.8 Å². The van der Waals surface area contributed by atoms with Gasteiger partial charge in [-0.15, -0.1) is 11.3 Å². The largest absolute Gasteiger partial charge is 0.384 e. The molecule has 2 unspecified atom stereocenters. The number of fused-ring (bicyclic) bond motifs is 3. The van der Waals surface area contributed by atoms with Gasteiger partial charge >= 0.3 is 0 Å². The molecule has 224 valence electrons. The normalized spacial score (nSPS) is 20.5. The zero-order chi connectivity index (χ0) is 30.3. The van der Waals surface area contributed by atoms with Crippen LogP contribution in [0, 0.1) is 5.41 Å². The predicted molar refractivity (Wildman–Crippen MR) is 160 cm³/mol. The average molecular weight is 604 g/mol. The minimum atomic E-state index is -1.05. The molecular formula is C31H33N5O6S. The highest BCUT2D eigenvalue weighted by Crippen LogP contribution is 2.45. The van der Waals surface area contributed by atoms with E-state index in [-0.39, 0.29) is 43.4 Å². The van der Waals surface area contributed by atoms with Gasteiger partial charge in [0, 0.05) is 34.9 Å². The summed E-state index contributed by atoms with van der Waals surface area (Å²) in [6, 6.07) is 13.9. The van der Waals surface area contributed by atoms with Crippen molar-refractivity contribution in [3.8, 4) is 11.1 Å². The van der Waals surface area contributed by atoms with Crippen molar-refractivity contribution in [1.29, 1.82) is 5.41 Å². The molecule has 43 heavy (non-hydrogen) atoms. The molecule has 2 aromatic carbocycles. The van der Waals surface area contributed by atoms with Gasteiger partial charge in [-0.05, 0) is 47.4 Å². The first kappa shape index (κ1) is 29.0. The second kappa shape index (κ2) is 11.5. The number of nitrogen functional groups attached to an aromatic ring is 1. The number of ether oxygens (including phenoxy) is 3. The maximum Gasteiger partial charge on any atom is 0.251 e. The molecular weight excluding hydrogens is 570 g/mol. The van der Waals surface area contributed by atoms with Crippen LogP contribution >= 0.6 is 11.3 Å². The minimum absolute atomic E-state index is 0.0445. The van der Waals surface area contributed by atoms with E-state index >= 15 is 0 Å². The zero-order valence-electron chi connectivity index (χ0n) is 23.8. The Bertz CT molecular complexity index is 1600. The van der Waals surface area contributed by atoms with E-state index in [1.54, 1.807) is 24.6 Å². The number of benzene rings is 2. The highest BCUT2D eigenvalue weighted by molar-refractivity contribution is 7.10. The topological polar surface area (TPSA) is 156 Å². The Labute approximate surface area is 252 Å². The van der Waals surface area contributed by atoms with Gasteiger partial charge in [-0.25, -0.2) is 0 Å². The molecule has 3 heterocycles. The van der Waals surface area contributed by atoms with E-state index in [0.29, 0.717) is 24.3 Å². The molecule has 1 aromatic heterocycles. The molecule has 1 aliphatic carbocycles. The molecule has 11 nitrogen and oxygen atoms in total. The number of carbonyl (C=O) groups is 3. The summed E-state index contributed by atoms with van der Waals surface area (Å²) in [6.45, 7) is 2.36. The summed E-state index contributed by atoms with van der Waals surface area (Å²) in [7, 11) is 1.66. The molecule has 2 fully saturated rings. The number of nitrogens with one attached hydrogen (secondary N) is 3. The van der Waals surface area contributed by atoms with Gasteiger partial charge in [-0.1, -0.05) is 30.3 Å². The van der Waals surface area contributed by atoms with Gasteiger partial charge in [0.25, 0.3) is 5.91 Å². The number of amidine groups is 1. The molecule has 0 bridgehead atoms. The number of amides is 3. The smallest absolute Gasteiger partial charge is 0.251 e. The number of nitrogens with zero attached hydrogens (tertiary/aromatic N) is 1. The maximum absolute atomic E-state index is 13.5. The van der Waals surface area contributed by atoms with Gasteiger partial charge in [0.05, 0.1) is 32.3 Å². The number of rotatable bonds is 8. The van der Waals surface area contributed by atoms with Crippen molar-refractivity contribution in [3.05, 3.63) is 81.0 Å². The van der Waals surface area contributed by atoms with Gasteiger partial charge in [0.15, 0.2) is 5.79 Å². The third-order valence-corrected chi connectivity index (χ3v) is 9.33. The van der Waals surface area contributed by atoms with Crippen molar-refractivity contribution in [3.63, 3.8) is 0 Å². The fourth-order valence-electron chi connectivity index (χ4n) is 6.05. The fourth-order valence-corrected chi connectivity index (χ4v) is 6.97. The number of hydrogen-bond donors (Lipinski definition) is 4. The van der Waals surface area contributed by atoms with Gasteiger partial charge in [-0.2, -0.15) is 0 Å². The van der Waals surface area contributed by atoms with Crippen LogP contribution in [-0.2, 0) is 23.8 Å². The molecule has 2 saturated heterocycles. The molecule has 2 aliphatic heterocycles. The van der Waals surface area contributed by atoms with E-state index < -0.39 is 23.6 Å². The Morgan fingerprint density at radius 2 is 1.86 bits per heavy atom. The number of methoxy groups -OCH3 is 1. The van der Waals surface area contributed by atoms with Crippen molar-refractivity contribution in [2.75, 3.05) is 33.4 Å². The number of hydrogen-bond acceptors (Lipinski definition) is 8. The van der Waals surface area contributed by atoms with Crippen molar-refractivity contribution in [2.24, 2.45) is 5.73 Å². The summed E-state index contributed by atoms with van der Waals surface area (Å²) in [5, 5.41) is 15.1. The van der Waals surface area contributed by atoms with E-state index in [9.17, 15) is 14.4 Å². The Morgan fingerprint density at radius 1 is 1.12 bits per heavy atom. The Kier molecular flexibility index (Phi) is 7.77. The van der Waals surface area contributed by atoms with Crippen LogP contribution in [0.25, 0.3) is 11.1 Å². The number of thiophene rings is 1. The highest BCUT2D eigenvalue weighted by atomic mass is 32.1. The van der Waals surface area contributed by atoms with Crippen LogP contribution < -0.4 is 16.4 Å². The molecule has 3 aromatic rings. The van der Waals surface area contributed by atoms with E-state index in [4.69, 9.17) is 25.4 Å². The molecule has 3 atom stereocenters. The van der Waals surface area contributed by atoms with Crippen LogP contribution in [0.15, 0.2) is 53.9 Å². The van der Waals surface area contributed by atoms with Crippen molar-refractivity contribution >= 4 is 34.9 Å². The Balaban J connectivity index is 1.14. The molecule has 1 spiro atoms. The van der Waals surface area contributed by atoms with Crippen LogP contribution in [0.4, 0.5) is 0 Å². The second-order valence-corrected chi connectivity index (χ2v) is 11.9. The molecule has 12 heteroatoms. The van der Waals surface area contributed by atoms with E-state index in [1.165, 1.54) is 16.2 Å². The average Bonchev–Trinajstić information content (AvgIpc) is 3.81. The lowest BCUT2D eigenvalue weighted by Gasteiger charge is -2.25. The first-order valence-corrected chi connectivity index (χ1v) is 14.9. The lowest BCUT2D eigenvalue weighted by Crippen LogP contribution is -2.49. The van der Waals surface area contributed by atoms with E-state index in [1.807, 2.05) is 43.3 Å². The Hall–Kier alpha value is -4.10. The quantitative estimate of drug-likeness (QED) is 0.228. The van der Waals surface area contributed by atoms with E-state index in [0.717, 1.165) is 27.1 Å². The number of likely N-dealkylation sites (tertiary alicyclic amines) is 1. The minimum Gasteiger partial charge on any atom is -0.384 e. The van der Waals surface area contributed by atoms with Crippen LogP contribution in [-0.4, -0.2) is 73.7 Å². The first-order valence-electron chi connectivity index (χ1n) is 14.0. The summed E-state index contributed by atoms with van der Waals surface area (Å²) in [4.78, 5) is 42.4. The SMILES string of the molecule is COC1c2ccccc2-c2cc(C(=O)NCC(=O)N3CC4(C[C@H]3C(=O)NC(C)c3cc(C(=N)N)cs3)OCCO4)ccc21. The highest BCUT2D eigenvalue weighted by Gasteiger charge is 2.52. The molecule has 0 radical (unpaired) electrons. The molecule has 0 saturated carbocycles. The third-order valence-electron chi connectivity index (χ3n) is 8.21. The number of carbonyl (C=O) groups excluding carboxylic acids is 3. The van der Waals surface area contributed by atoms with Crippen LogP contribution in [0.1, 0.15) is 57.4 Å². The predicted octanol–water partition coefficient (Wildman–Crippen LogP) is 2.70. The van der Waals surface area contributed by atoms with Gasteiger partial charge in [-0.3, -0.25) is 19.8 Å². The van der Waals surface area contributed by atoms with Crippen molar-refractivity contribution < 1.29 is 28.6 Å². The standard InChI is InChI=1S/C31H33N5O6S/c1-17(25-12-19(15-43-25)28(32)33)35-30(39)24-13-31(41-9-10-42-31)16-36(24)26(37)14-34-29(38)18-7-8-22-23(11-18)20-5-3-4-6-21(20)27(22)40-2/h3-8,11-12,15,17,24,27H,9-10,13-14,16H2,1-2H3,(H3,32,33)(H,34,38)(H,35,39)/t17?,24-,27?/m0/s1. The summed E-state index contributed by atoms with van der Waals surface area (Å²) in [5.74, 6) is -2.27. The molecule has 6 rings (SSSR count). The lowest BCUT2D eigenvalue weighted by molar-refractivity contribution is -0.152.